The molecule has 1 N–H and O–H groups in total. The standard InChI is InChI=1S/C22H22F9N7O2/c23-20(24,25)11-38(14-2-1-13-16(22(29,30)31)18(40)35-34-17(13)14)4-3-15(39)36-5-7-37(8-6-36)19-32-9-12(10-33-19)21(26,27)28/h9-10,14H,1-8,11H2,(H,35,40). The number of aromatic nitrogens is 4. The molecule has 1 atom stereocenters. The Kier molecular flexibility index (Phi) is 8.01. The van der Waals surface area contributed by atoms with Crippen LogP contribution in [0.3, 0.4) is 0 Å². The molecule has 0 aromatic carbocycles. The maximum atomic E-state index is 13.4. The van der Waals surface area contributed by atoms with Crippen LogP contribution in [0.4, 0.5) is 45.5 Å². The molecule has 3 heterocycles. The topological polar surface area (TPSA) is 98.3 Å². The van der Waals surface area contributed by atoms with Gasteiger partial charge in [0.05, 0.1) is 23.8 Å². The maximum absolute atomic E-state index is 13.4. The van der Waals surface area contributed by atoms with Gasteiger partial charge >= 0.3 is 18.5 Å². The first kappa shape index (κ1) is 29.5. The lowest BCUT2D eigenvalue weighted by Gasteiger charge is -2.35. The highest BCUT2D eigenvalue weighted by molar-refractivity contribution is 5.76. The van der Waals surface area contributed by atoms with Gasteiger partial charge < -0.3 is 9.80 Å². The van der Waals surface area contributed by atoms with E-state index in [1.54, 1.807) is 10.00 Å². The van der Waals surface area contributed by atoms with Crippen LogP contribution >= 0.6 is 0 Å². The Hall–Kier alpha value is -3.44. The number of aromatic amines is 1. The summed E-state index contributed by atoms with van der Waals surface area (Å²) in [6, 6.07) is -1.20. The summed E-state index contributed by atoms with van der Waals surface area (Å²) in [7, 11) is 0. The molecule has 2 aromatic heterocycles. The molecule has 4 rings (SSSR count). The minimum absolute atomic E-state index is 0.0279. The molecule has 0 spiro atoms. The molecule has 0 bridgehead atoms. The van der Waals surface area contributed by atoms with Crippen molar-refractivity contribution in [1.29, 1.82) is 0 Å². The minimum atomic E-state index is -5.02. The highest BCUT2D eigenvalue weighted by atomic mass is 19.4. The molecule has 1 unspecified atom stereocenters. The third-order valence-corrected chi connectivity index (χ3v) is 6.70. The van der Waals surface area contributed by atoms with Gasteiger partial charge in [0, 0.05) is 51.5 Å². The predicted octanol–water partition coefficient (Wildman–Crippen LogP) is 3.19. The van der Waals surface area contributed by atoms with Crippen molar-refractivity contribution >= 4 is 11.9 Å². The van der Waals surface area contributed by atoms with E-state index < -0.39 is 65.8 Å². The number of halogens is 9. The molecule has 220 valence electrons. The van der Waals surface area contributed by atoms with E-state index in [2.05, 4.69) is 15.1 Å². The SMILES string of the molecule is O=C(CCN(CC(F)(F)F)C1CCc2c1n[nH]c(=O)c2C(F)(F)F)N1CCN(c2ncc(C(F)(F)F)cn2)CC1. The van der Waals surface area contributed by atoms with Gasteiger partial charge in [-0.25, -0.2) is 15.1 Å². The first-order valence-corrected chi connectivity index (χ1v) is 12.0. The van der Waals surface area contributed by atoms with Gasteiger partial charge in [-0.05, 0) is 18.4 Å². The second kappa shape index (κ2) is 10.9. The Bertz CT molecular complexity index is 1270. The van der Waals surface area contributed by atoms with E-state index in [4.69, 9.17) is 0 Å². The number of hydrogen-bond donors (Lipinski definition) is 1. The second-order valence-electron chi connectivity index (χ2n) is 9.32. The molecular weight excluding hydrogens is 565 g/mol. The van der Waals surface area contributed by atoms with Crippen molar-refractivity contribution < 1.29 is 44.3 Å². The third-order valence-electron chi connectivity index (χ3n) is 6.70. The predicted molar refractivity (Wildman–Crippen MR) is 119 cm³/mol. The van der Waals surface area contributed by atoms with Crippen molar-refractivity contribution in [3.05, 3.63) is 45.1 Å². The molecule has 0 radical (unpaired) electrons. The summed E-state index contributed by atoms with van der Waals surface area (Å²) in [6.45, 7) is -1.41. The number of carbonyl (C=O) groups is 1. The number of amides is 1. The van der Waals surface area contributed by atoms with E-state index in [9.17, 15) is 49.1 Å². The van der Waals surface area contributed by atoms with Crippen LogP contribution in [0.15, 0.2) is 17.2 Å². The smallest absolute Gasteiger partial charge is 0.339 e. The van der Waals surface area contributed by atoms with Crippen molar-refractivity contribution in [2.75, 3.05) is 44.2 Å². The molecule has 9 nitrogen and oxygen atoms in total. The molecule has 2 aromatic rings. The fourth-order valence-electron chi connectivity index (χ4n) is 4.86. The van der Waals surface area contributed by atoms with E-state index in [1.165, 1.54) is 4.90 Å². The summed E-state index contributed by atoms with van der Waals surface area (Å²) in [6.07, 6.45) is -13.9. The number of hydrogen-bond acceptors (Lipinski definition) is 7. The van der Waals surface area contributed by atoms with Gasteiger partial charge in [-0.2, -0.15) is 44.6 Å². The number of alkyl halides is 9. The van der Waals surface area contributed by atoms with Crippen molar-refractivity contribution in [3.8, 4) is 0 Å². The fourth-order valence-corrected chi connectivity index (χ4v) is 4.86. The van der Waals surface area contributed by atoms with Gasteiger partial charge in [-0.15, -0.1) is 0 Å². The molecule has 40 heavy (non-hydrogen) atoms. The van der Waals surface area contributed by atoms with E-state index in [1.807, 2.05) is 0 Å². The normalized spacial score (nSPS) is 18.4. The average molecular weight is 587 g/mol. The first-order chi connectivity index (χ1) is 18.5. The molecule has 1 aliphatic heterocycles. The van der Waals surface area contributed by atoms with Crippen LogP contribution in [0, 0.1) is 0 Å². The zero-order valence-electron chi connectivity index (χ0n) is 20.5. The third kappa shape index (κ3) is 6.64. The van der Waals surface area contributed by atoms with Crippen molar-refractivity contribution in [3.63, 3.8) is 0 Å². The van der Waals surface area contributed by atoms with Gasteiger partial charge in [0.25, 0.3) is 5.56 Å². The van der Waals surface area contributed by atoms with E-state index in [0.29, 0.717) is 12.4 Å². The molecule has 1 fully saturated rings. The van der Waals surface area contributed by atoms with Crippen LogP contribution in [-0.4, -0.2) is 81.3 Å². The zero-order chi connectivity index (χ0) is 29.5. The summed E-state index contributed by atoms with van der Waals surface area (Å²) < 4.78 is 118. The van der Waals surface area contributed by atoms with Crippen molar-refractivity contribution in [2.24, 2.45) is 0 Å². The van der Waals surface area contributed by atoms with Gasteiger partial charge in [0.1, 0.15) is 5.56 Å². The molecule has 18 heteroatoms. The lowest BCUT2D eigenvalue weighted by molar-refractivity contribution is -0.153. The Morgan fingerprint density at radius 2 is 1.60 bits per heavy atom. The van der Waals surface area contributed by atoms with Crippen LogP contribution in [-0.2, 0) is 23.6 Å². The molecule has 1 saturated heterocycles. The van der Waals surface area contributed by atoms with Gasteiger partial charge in [-0.3, -0.25) is 14.5 Å². The Morgan fingerprint density at radius 1 is 0.975 bits per heavy atom. The molecular formula is C22H22F9N7O2. The second-order valence-corrected chi connectivity index (χ2v) is 9.32. The van der Waals surface area contributed by atoms with Crippen LogP contribution in [0.1, 0.15) is 41.3 Å². The van der Waals surface area contributed by atoms with E-state index >= 15 is 0 Å². The van der Waals surface area contributed by atoms with Crippen LogP contribution < -0.4 is 10.5 Å². The molecule has 1 aliphatic carbocycles. The minimum Gasteiger partial charge on any atom is -0.339 e. The highest BCUT2D eigenvalue weighted by Crippen LogP contribution is 2.40. The lowest BCUT2D eigenvalue weighted by atomic mass is 10.1. The summed E-state index contributed by atoms with van der Waals surface area (Å²) in [5.74, 6) is -0.482. The van der Waals surface area contributed by atoms with Gasteiger partial charge in [-0.1, -0.05) is 0 Å². The lowest BCUT2D eigenvalue weighted by Crippen LogP contribution is -2.50. The molecule has 1 amide bonds. The van der Waals surface area contributed by atoms with Crippen LogP contribution in [0.5, 0.6) is 0 Å². The van der Waals surface area contributed by atoms with Gasteiger partial charge in [0.15, 0.2) is 0 Å². The van der Waals surface area contributed by atoms with E-state index in [-0.39, 0.29) is 57.1 Å². The Labute approximate surface area is 220 Å². The number of fused-ring (bicyclic) bond motifs is 1. The number of rotatable bonds is 6. The number of nitrogens with zero attached hydrogens (tertiary/aromatic N) is 6. The van der Waals surface area contributed by atoms with Crippen molar-refractivity contribution in [2.45, 2.75) is 43.8 Å². The number of piperazine rings is 1. The summed E-state index contributed by atoms with van der Waals surface area (Å²) in [4.78, 5) is 35.7. The molecule has 0 saturated carbocycles. The highest BCUT2D eigenvalue weighted by Gasteiger charge is 2.44. The monoisotopic (exact) mass is 587 g/mol. The summed E-state index contributed by atoms with van der Waals surface area (Å²) in [5, 5.41) is 5.34. The number of carbonyl (C=O) groups excluding carboxylic acids is 1. The van der Waals surface area contributed by atoms with Gasteiger partial charge in [0.2, 0.25) is 11.9 Å². The molecule has 2 aliphatic rings. The number of anilines is 1. The average Bonchev–Trinajstić information content (AvgIpc) is 3.28. The maximum Gasteiger partial charge on any atom is 0.422 e. The van der Waals surface area contributed by atoms with Crippen LogP contribution in [0.25, 0.3) is 0 Å². The quantitative estimate of drug-likeness (QED) is 0.519. The van der Waals surface area contributed by atoms with E-state index in [0.717, 1.165) is 4.90 Å². The zero-order valence-corrected chi connectivity index (χ0v) is 20.5. The largest absolute Gasteiger partial charge is 0.422 e. The Morgan fingerprint density at radius 3 is 2.15 bits per heavy atom. The number of H-pyrrole nitrogens is 1. The first-order valence-electron chi connectivity index (χ1n) is 12.0. The summed E-state index contributed by atoms with van der Waals surface area (Å²) >= 11 is 0. The summed E-state index contributed by atoms with van der Waals surface area (Å²) in [5.41, 5.74) is -4.76. The fraction of sp³-hybridized carbons (Fsp3) is 0.591. The van der Waals surface area contributed by atoms with Crippen molar-refractivity contribution in [1.82, 2.24) is 30.0 Å². The van der Waals surface area contributed by atoms with Crippen LogP contribution in [0.2, 0.25) is 0 Å². The Balaban J connectivity index is 1.40. The number of nitrogens with one attached hydrogen (secondary N) is 1.